The molecule has 0 spiro atoms. The zero-order valence-corrected chi connectivity index (χ0v) is 16.0. The van der Waals surface area contributed by atoms with Crippen molar-refractivity contribution >= 4 is 11.8 Å². The maximum absolute atomic E-state index is 12.1. The number of urea groups is 1. The quantitative estimate of drug-likeness (QED) is 0.809. The van der Waals surface area contributed by atoms with E-state index in [0.29, 0.717) is 12.6 Å². The van der Waals surface area contributed by atoms with Crippen LogP contribution in [0.25, 0.3) is 0 Å². The summed E-state index contributed by atoms with van der Waals surface area (Å²) in [4.78, 5) is 19.0. The smallest absolute Gasteiger partial charge is 0.315 e. The lowest BCUT2D eigenvalue weighted by Crippen LogP contribution is -2.45. The highest BCUT2D eigenvalue weighted by molar-refractivity contribution is 5.74. The summed E-state index contributed by atoms with van der Waals surface area (Å²) in [7, 11) is 0. The molecule has 3 rings (SSSR count). The van der Waals surface area contributed by atoms with Gasteiger partial charge in [-0.05, 0) is 38.3 Å². The van der Waals surface area contributed by atoms with Crippen LogP contribution < -0.4 is 15.5 Å². The molecule has 0 radical (unpaired) electrons. The van der Waals surface area contributed by atoms with Crippen molar-refractivity contribution < 1.29 is 9.53 Å². The molecule has 0 aromatic carbocycles. The van der Waals surface area contributed by atoms with Crippen LogP contribution in [0.3, 0.4) is 0 Å². The number of anilines is 1. The Hall–Kier alpha value is -1.82. The van der Waals surface area contributed by atoms with E-state index in [1.807, 2.05) is 18.3 Å². The monoisotopic (exact) mass is 360 g/mol. The van der Waals surface area contributed by atoms with Gasteiger partial charge in [0.05, 0.1) is 12.2 Å². The molecule has 0 bridgehead atoms. The fourth-order valence-electron chi connectivity index (χ4n) is 3.92. The number of rotatable bonds is 4. The summed E-state index contributed by atoms with van der Waals surface area (Å²) in [5.74, 6) is 0.971. The van der Waals surface area contributed by atoms with Gasteiger partial charge in [-0.15, -0.1) is 0 Å². The van der Waals surface area contributed by atoms with E-state index in [0.717, 1.165) is 37.3 Å². The van der Waals surface area contributed by atoms with Crippen molar-refractivity contribution in [3.8, 4) is 0 Å². The second-order valence-corrected chi connectivity index (χ2v) is 7.70. The summed E-state index contributed by atoms with van der Waals surface area (Å²) < 4.78 is 5.77. The van der Waals surface area contributed by atoms with E-state index in [4.69, 9.17) is 4.74 Å². The molecule has 144 valence electrons. The third kappa shape index (κ3) is 5.59. The zero-order chi connectivity index (χ0) is 18.4. The van der Waals surface area contributed by atoms with Crippen molar-refractivity contribution in [2.45, 2.75) is 77.2 Å². The van der Waals surface area contributed by atoms with Gasteiger partial charge in [-0.3, -0.25) is 0 Å². The maximum atomic E-state index is 12.1. The molecule has 1 aromatic rings. The number of carbonyl (C=O) groups excluding carboxylic acids is 1. The minimum Gasteiger partial charge on any atom is -0.372 e. The zero-order valence-electron chi connectivity index (χ0n) is 16.0. The van der Waals surface area contributed by atoms with Crippen LogP contribution in [0, 0.1) is 0 Å². The number of aromatic nitrogens is 1. The van der Waals surface area contributed by atoms with Gasteiger partial charge >= 0.3 is 6.03 Å². The summed E-state index contributed by atoms with van der Waals surface area (Å²) in [6.45, 7) is 6.40. The van der Waals surface area contributed by atoms with Crippen LogP contribution >= 0.6 is 0 Å². The molecule has 2 N–H and O–H groups in total. The lowest BCUT2D eigenvalue weighted by atomic mass is 10.1. The molecular formula is C20H32N4O2. The predicted octanol–water partition coefficient (Wildman–Crippen LogP) is 3.22. The average molecular weight is 361 g/mol. The van der Waals surface area contributed by atoms with Gasteiger partial charge in [0, 0.05) is 31.9 Å². The Morgan fingerprint density at radius 1 is 1.15 bits per heavy atom. The normalized spacial score (nSPS) is 24.8. The molecule has 1 saturated heterocycles. The summed E-state index contributed by atoms with van der Waals surface area (Å²) in [5, 5.41) is 6.07. The Bertz CT molecular complexity index is 560. The van der Waals surface area contributed by atoms with E-state index < -0.39 is 0 Å². The summed E-state index contributed by atoms with van der Waals surface area (Å²) in [6, 6.07) is 4.32. The Kier molecular flexibility index (Phi) is 6.72. The minimum atomic E-state index is -0.0724. The minimum absolute atomic E-state index is 0.0724. The maximum Gasteiger partial charge on any atom is 0.315 e. The van der Waals surface area contributed by atoms with Gasteiger partial charge in [0.25, 0.3) is 0 Å². The van der Waals surface area contributed by atoms with E-state index >= 15 is 0 Å². The van der Waals surface area contributed by atoms with E-state index in [2.05, 4.69) is 34.4 Å². The number of pyridine rings is 1. The predicted molar refractivity (Wildman–Crippen MR) is 103 cm³/mol. The number of morpholine rings is 1. The van der Waals surface area contributed by atoms with Gasteiger partial charge in [0.1, 0.15) is 5.82 Å². The van der Waals surface area contributed by atoms with Crippen LogP contribution in [-0.4, -0.2) is 42.4 Å². The van der Waals surface area contributed by atoms with Crippen molar-refractivity contribution in [3.05, 3.63) is 23.9 Å². The fourth-order valence-corrected chi connectivity index (χ4v) is 3.92. The van der Waals surface area contributed by atoms with Crippen molar-refractivity contribution in [3.63, 3.8) is 0 Å². The van der Waals surface area contributed by atoms with Gasteiger partial charge in [0.2, 0.25) is 0 Å². The van der Waals surface area contributed by atoms with Crippen LogP contribution in [0.5, 0.6) is 0 Å². The molecule has 2 atom stereocenters. The lowest BCUT2D eigenvalue weighted by molar-refractivity contribution is -0.00546. The molecule has 1 saturated carbocycles. The number of carbonyl (C=O) groups is 1. The van der Waals surface area contributed by atoms with Gasteiger partial charge in [-0.25, -0.2) is 9.78 Å². The molecule has 1 aliphatic carbocycles. The molecule has 6 nitrogen and oxygen atoms in total. The first-order chi connectivity index (χ1) is 12.6. The van der Waals surface area contributed by atoms with Crippen molar-refractivity contribution in [2.24, 2.45) is 0 Å². The molecule has 2 fully saturated rings. The summed E-state index contributed by atoms with van der Waals surface area (Å²) >= 11 is 0. The topological polar surface area (TPSA) is 66.5 Å². The standard InChI is InChI=1S/C20H32N4O2/c1-15-13-24(14-16(2)26-15)19-10-9-17(11-21-19)12-22-20(25)23-18-7-5-3-4-6-8-18/h9-11,15-16,18H,3-8,12-14H2,1-2H3,(H2,22,23,25). The lowest BCUT2D eigenvalue weighted by Gasteiger charge is -2.36. The number of ether oxygens (including phenoxy) is 1. The SMILES string of the molecule is CC1CN(c2ccc(CNC(=O)NC3CCCCCC3)cn2)CC(C)O1. The second-order valence-electron chi connectivity index (χ2n) is 7.70. The number of hydrogen-bond acceptors (Lipinski definition) is 4. The molecule has 2 heterocycles. The molecular weight excluding hydrogens is 328 g/mol. The number of hydrogen-bond donors (Lipinski definition) is 2. The van der Waals surface area contributed by atoms with Crippen LogP contribution in [0.15, 0.2) is 18.3 Å². The average Bonchev–Trinajstić information content (AvgIpc) is 2.88. The first kappa shape index (κ1) is 19.0. The van der Waals surface area contributed by atoms with Crippen LogP contribution in [0.1, 0.15) is 57.9 Å². The van der Waals surface area contributed by atoms with Gasteiger partial charge in [-0.1, -0.05) is 31.7 Å². The van der Waals surface area contributed by atoms with Gasteiger partial charge in [-0.2, -0.15) is 0 Å². The fraction of sp³-hybridized carbons (Fsp3) is 0.700. The molecule has 1 aromatic heterocycles. The van der Waals surface area contributed by atoms with Crippen molar-refractivity contribution in [2.75, 3.05) is 18.0 Å². The van der Waals surface area contributed by atoms with Gasteiger partial charge < -0.3 is 20.3 Å². The molecule has 2 aliphatic rings. The van der Waals surface area contributed by atoms with Crippen molar-refractivity contribution in [1.29, 1.82) is 0 Å². The second kappa shape index (κ2) is 9.21. The first-order valence-electron chi connectivity index (χ1n) is 10.00. The van der Waals surface area contributed by atoms with Crippen LogP contribution in [0.4, 0.5) is 10.6 Å². The van der Waals surface area contributed by atoms with E-state index in [-0.39, 0.29) is 18.2 Å². The Balaban J connectivity index is 1.46. The molecule has 1 aliphatic heterocycles. The molecule has 2 unspecified atom stereocenters. The van der Waals surface area contributed by atoms with Crippen LogP contribution in [-0.2, 0) is 11.3 Å². The Labute approximate surface area is 156 Å². The molecule has 26 heavy (non-hydrogen) atoms. The molecule has 6 heteroatoms. The highest BCUT2D eigenvalue weighted by atomic mass is 16.5. The third-order valence-corrected chi connectivity index (χ3v) is 5.20. The van der Waals surface area contributed by atoms with E-state index in [9.17, 15) is 4.79 Å². The Morgan fingerprint density at radius 3 is 2.46 bits per heavy atom. The van der Waals surface area contributed by atoms with E-state index in [1.54, 1.807) is 0 Å². The summed E-state index contributed by atoms with van der Waals surface area (Å²) in [6.07, 6.45) is 9.50. The molecule has 2 amide bonds. The highest BCUT2D eigenvalue weighted by Gasteiger charge is 2.23. The van der Waals surface area contributed by atoms with E-state index in [1.165, 1.54) is 25.7 Å². The largest absolute Gasteiger partial charge is 0.372 e. The number of nitrogens with zero attached hydrogens (tertiary/aromatic N) is 2. The number of nitrogens with one attached hydrogen (secondary N) is 2. The van der Waals surface area contributed by atoms with Crippen LogP contribution in [0.2, 0.25) is 0 Å². The highest BCUT2D eigenvalue weighted by Crippen LogP contribution is 2.19. The third-order valence-electron chi connectivity index (χ3n) is 5.20. The Morgan fingerprint density at radius 2 is 1.85 bits per heavy atom. The van der Waals surface area contributed by atoms with Gasteiger partial charge in [0.15, 0.2) is 0 Å². The first-order valence-corrected chi connectivity index (χ1v) is 10.00. The van der Waals surface area contributed by atoms with Crippen molar-refractivity contribution in [1.82, 2.24) is 15.6 Å². The number of amides is 2. The summed E-state index contributed by atoms with van der Waals surface area (Å²) in [5.41, 5.74) is 1.01.